The molecule has 0 aromatic rings. The molecule has 1 heterocycles. The lowest BCUT2D eigenvalue weighted by Gasteiger charge is -2.59. The third-order valence-electron chi connectivity index (χ3n) is 11.6. The molecule has 4 heteroatoms. The lowest BCUT2D eigenvalue weighted by atomic mass is 9.47. The molecule has 7 rings (SSSR count). The molecule has 7 aliphatic rings. The fraction of sp³-hybridized carbons (Fsp3) is 0.852. The molecule has 1 aliphatic heterocycles. The number of hydrogen-bond acceptors (Lipinski definition) is 3. The van der Waals surface area contributed by atoms with E-state index in [0.29, 0.717) is 48.2 Å². The van der Waals surface area contributed by atoms with Gasteiger partial charge in [-0.15, -0.1) is 0 Å². The molecule has 0 aromatic carbocycles. The fourth-order valence-electron chi connectivity index (χ4n) is 10.4. The molecule has 1 saturated heterocycles. The van der Waals surface area contributed by atoms with Crippen molar-refractivity contribution in [2.45, 2.75) is 89.8 Å². The highest BCUT2D eigenvalue weighted by Gasteiger charge is 2.80. The predicted octanol–water partition coefficient (Wildman–Crippen LogP) is 5.42. The Kier molecular flexibility index (Phi) is 3.63. The van der Waals surface area contributed by atoms with Crippen LogP contribution in [0.15, 0.2) is 11.6 Å². The van der Waals surface area contributed by atoms with Gasteiger partial charge in [0.1, 0.15) is 11.8 Å². The summed E-state index contributed by atoms with van der Waals surface area (Å²) < 4.78 is 22.7. The van der Waals surface area contributed by atoms with Crippen LogP contribution in [0.2, 0.25) is 0 Å². The van der Waals surface area contributed by atoms with E-state index in [4.69, 9.17) is 4.74 Å². The molecule has 0 radical (unpaired) electrons. The van der Waals surface area contributed by atoms with Gasteiger partial charge in [-0.3, -0.25) is 9.59 Å². The van der Waals surface area contributed by atoms with Crippen molar-refractivity contribution in [3.63, 3.8) is 0 Å². The standard InChI is InChI=1S/C27H35FO3/c1-25-13-20(28)24-15(23(25)17-12-19(17)27(25)9-8-22(30)31-27)7-5-3-4-6-14-10-21(29)16-11-18(16)26(14,24)2/h10,15-20,23-24H,3-9,11-13H2,1-2H3. The second kappa shape index (κ2) is 5.83. The van der Waals surface area contributed by atoms with Crippen LogP contribution in [0.25, 0.3) is 0 Å². The van der Waals surface area contributed by atoms with Crippen molar-refractivity contribution < 1.29 is 18.7 Å². The van der Waals surface area contributed by atoms with Gasteiger partial charge in [0, 0.05) is 29.6 Å². The number of ether oxygens (including phenoxy) is 1. The van der Waals surface area contributed by atoms with Crippen LogP contribution in [-0.2, 0) is 14.3 Å². The maximum absolute atomic E-state index is 16.6. The van der Waals surface area contributed by atoms with Gasteiger partial charge < -0.3 is 4.74 Å². The van der Waals surface area contributed by atoms with Crippen molar-refractivity contribution >= 4 is 11.8 Å². The second-order valence-electron chi connectivity index (χ2n) is 12.6. The number of carbonyl (C=O) groups is 2. The molecule has 11 atom stereocenters. The summed E-state index contributed by atoms with van der Waals surface area (Å²) in [4.78, 5) is 24.9. The smallest absolute Gasteiger partial charge is 0.306 e. The zero-order valence-corrected chi connectivity index (χ0v) is 18.9. The van der Waals surface area contributed by atoms with Crippen molar-refractivity contribution in [2.24, 2.45) is 52.3 Å². The summed E-state index contributed by atoms with van der Waals surface area (Å²) in [6, 6.07) is 0. The van der Waals surface area contributed by atoms with E-state index in [1.54, 1.807) is 0 Å². The first-order valence-electron chi connectivity index (χ1n) is 12.9. The summed E-state index contributed by atoms with van der Waals surface area (Å²) in [5.41, 5.74) is 0.472. The Morgan fingerprint density at radius 2 is 1.84 bits per heavy atom. The number of rotatable bonds is 0. The second-order valence-corrected chi connectivity index (χ2v) is 12.6. The Bertz CT molecular complexity index is 910. The quantitative estimate of drug-likeness (QED) is 0.486. The minimum atomic E-state index is -0.874. The molecule has 6 aliphatic carbocycles. The normalized spacial score (nSPS) is 59.1. The number of alkyl halides is 1. The minimum Gasteiger partial charge on any atom is -0.458 e. The van der Waals surface area contributed by atoms with Gasteiger partial charge in [0.05, 0.1) is 0 Å². The van der Waals surface area contributed by atoms with Crippen molar-refractivity contribution in [1.29, 1.82) is 0 Å². The van der Waals surface area contributed by atoms with Gasteiger partial charge in [0.15, 0.2) is 5.78 Å². The molecular weight excluding hydrogens is 391 g/mol. The number of carbonyl (C=O) groups excluding carboxylic acids is 2. The van der Waals surface area contributed by atoms with Crippen LogP contribution >= 0.6 is 0 Å². The lowest BCUT2D eigenvalue weighted by molar-refractivity contribution is -0.185. The van der Waals surface area contributed by atoms with Gasteiger partial charge in [0.2, 0.25) is 0 Å². The lowest BCUT2D eigenvalue weighted by Crippen LogP contribution is -2.59. The molecule has 11 unspecified atom stereocenters. The van der Waals surface area contributed by atoms with Crippen molar-refractivity contribution in [3.05, 3.63) is 11.6 Å². The number of ketones is 1. The molecule has 31 heavy (non-hydrogen) atoms. The van der Waals surface area contributed by atoms with Crippen LogP contribution < -0.4 is 0 Å². The van der Waals surface area contributed by atoms with E-state index >= 15 is 4.39 Å². The highest BCUT2D eigenvalue weighted by Crippen LogP contribution is 2.79. The molecule has 1 spiro atoms. The highest BCUT2D eigenvalue weighted by molar-refractivity contribution is 5.96. The third kappa shape index (κ3) is 2.16. The Hall–Kier alpha value is -1.19. The van der Waals surface area contributed by atoms with Gasteiger partial charge in [-0.2, -0.15) is 0 Å². The van der Waals surface area contributed by atoms with Gasteiger partial charge in [0.25, 0.3) is 0 Å². The highest BCUT2D eigenvalue weighted by atomic mass is 19.1. The first-order valence-corrected chi connectivity index (χ1v) is 12.9. The molecule has 5 saturated carbocycles. The first kappa shape index (κ1) is 19.3. The van der Waals surface area contributed by atoms with Crippen molar-refractivity contribution in [3.8, 4) is 0 Å². The SMILES string of the molecule is CC12C(=CC(=O)C3CC31)CCCCCC1C2C(F)CC2(C)C1C1CC1C21CCC(=O)O1. The average Bonchev–Trinajstić information content (AvgIpc) is 3.61. The van der Waals surface area contributed by atoms with E-state index in [1.807, 2.05) is 6.08 Å². The van der Waals surface area contributed by atoms with E-state index in [2.05, 4.69) is 13.8 Å². The molecular formula is C27H35FO3. The largest absolute Gasteiger partial charge is 0.458 e. The van der Waals surface area contributed by atoms with Crippen molar-refractivity contribution in [1.82, 2.24) is 0 Å². The van der Waals surface area contributed by atoms with E-state index in [-0.39, 0.29) is 28.6 Å². The Morgan fingerprint density at radius 3 is 2.61 bits per heavy atom. The molecule has 0 amide bonds. The van der Waals surface area contributed by atoms with Crippen molar-refractivity contribution in [2.75, 3.05) is 0 Å². The van der Waals surface area contributed by atoms with Crippen LogP contribution in [0.5, 0.6) is 0 Å². The number of hydrogen-bond donors (Lipinski definition) is 0. The van der Waals surface area contributed by atoms with Crippen LogP contribution in [0.4, 0.5) is 4.39 Å². The third-order valence-corrected chi connectivity index (χ3v) is 11.6. The molecule has 168 valence electrons. The molecule has 0 aromatic heterocycles. The van der Waals surface area contributed by atoms with E-state index in [1.165, 1.54) is 12.0 Å². The van der Waals surface area contributed by atoms with Crippen LogP contribution in [-0.4, -0.2) is 23.5 Å². The van der Waals surface area contributed by atoms with Gasteiger partial charge in [-0.05, 0) is 80.1 Å². The zero-order chi connectivity index (χ0) is 21.3. The summed E-state index contributed by atoms with van der Waals surface area (Å²) in [6.45, 7) is 4.61. The summed E-state index contributed by atoms with van der Waals surface area (Å²) in [5.74, 6) is 2.64. The zero-order valence-electron chi connectivity index (χ0n) is 18.9. The monoisotopic (exact) mass is 426 g/mol. The maximum Gasteiger partial charge on any atom is 0.306 e. The Morgan fingerprint density at radius 1 is 1.00 bits per heavy atom. The number of fused-ring (bicyclic) bond motifs is 11. The average molecular weight is 427 g/mol. The number of esters is 1. The molecule has 0 bridgehead atoms. The van der Waals surface area contributed by atoms with E-state index in [0.717, 1.165) is 44.9 Å². The summed E-state index contributed by atoms with van der Waals surface area (Å²) in [6.07, 6.45) is 10.6. The fourth-order valence-corrected chi connectivity index (χ4v) is 10.4. The maximum atomic E-state index is 16.6. The minimum absolute atomic E-state index is 0.0199. The Balaban J connectivity index is 1.35. The summed E-state index contributed by atoms with van der Waals surface area (Å²) >= 11 is 0. The van der Waals surface area contributed by atoms with Gasteiger partial charge in [-0.1, -0.05) is 32.3 Å². The van der Waals surface area contributed by atoms with Crippen LogP contribution in [0.3, 0.4) is 0 Å². The Labute approximate surface area is 184 Å². The van der Waals surface area contributed by atoms with Crippen LogP contribution in [0.1, 0.15) is 78.1 Å². The predicted molar refractivity (Wildman–Crippen MR) is 114 cm³/mol. The molecule has 0 N–H and O–H groups in total. The molecule has 3 nitrogen and oxygen atoms in total. The first-order chi connectivity index (χ1) is 14.8. The summed E-state index contributed by atoms with van der Waals surface area (Å²) in [5, 5.41) is 0. The number of allylic oxidation sites excluding steroid dienone is 2. The van der Waals surface area contributed by atoms with E-state index in [9.17, 15) is 9.59 Å². The van der Waals surface area contributed by atoms with Gasteiger partial charge >= 0.3 is 5.97 Å². The van der Waals surface area contributed by atoms with E-state index < -0.39 is 11.8 Å². The number of halogens is 1. The summed E-state index contributed by atoms with van der Waals surface area (Å²) in [7, 11) is 0. The van der Waals surface area contributed by atoms with Gasteiger partial charge in [-0.25, -0.2) is 4.39 Å². The molecule has 6 fully saturated rings. The van der Waals surface area contributed by atoms with Crippen LogP contribution in [0, 0.1) is 52.3 Å². The topological polar surface area (TPSA) is 43.4 Å².